The normalized spacial score (nSPS) is 25.5. The molecule has 0 aromatic carbocycles. The lowest BCUT2D eigenvalue weighted by Gasteiger charge is -2.17. The maximum Gasteiger partial charge on any atom is 0.183 e. The molecule has 0 amide bonds. The van der Waals surface area contributed by atoms with Crippen LogP contribution in [-0.4, -0.2) is 26.6 Å². The van der Waals surface area contributed by atoms with E-state index in [0.29, 0.717) is 6.10 Å². The highest BCUT2D eigenvalue weighted by Gasteiger charge is 2.51. The predicted octanol–water partition coefficient (Wildman–Crippen LogP) is 7.43. The molecule has 0 saturated carbocycles. The van der Waals surface area contributed by atoms with Crippen LogP contribution in [0.25, 0.3) is 0 Å². The molecule has 1 heterocycles. The number of rotatable bonds is 15. The minimum atomic E-state index is -1.41. The van der Waals surface area contributed by atoms with Crippen LogP contribution in [0.15, 0.2) is 0 Å². The maximum atomic E-state index is 6.01. The van der Waals surface area contributed by atoms with Crippen LogP contribution in [0, 0.1) is 17.8 Å². The first kappa shape index (κ1) is 24.2. The monoisotopic (exact) mass is 384 g/mol. The van der Waals surface area contributed by atoms with E-state index in [1.54, 1.807) is 0 Å². The first-order valence-electron chi connectivity index (χ1n) is 11.3. The van der Waals surface area contributed by atoms with Crippen LogP contribution in [0.3, 0.4) is 0 Å². The van der Waals surface area contributed by atoms with Crippen LogP contribution in [0.5, 0.6) is 0 Å². The molecule has 0 spiro atoms. The van der Waals surface area contributed by atoms with Gasteiger partial charge in [-0.25, -0.2) is 0 Å². The molecule has 0 aromatic rings. The SMILES string of the molecule is CC(C)CCCC(C)CCCC(C)CCCC1(C)OC1CO[Si](C)(C)C. The van der Waals surface area contributed by atoms with Crippen molar-refractivity contribution in [1.82, 2.24) is 0 Å². The first-order valence-corrected chi connectivity index (χ1v) is 14.7. The zero-order chi connectivity index (χ0) is 19.8. The molecule has 1 saturated heterocycles. The molecule has 2 nitrogen and oxygen atoms in total. The number of hydrogen-bond acceptors (Lipinski definition) is 2. The van der Waals surface area contributed by atoms with Crippen molar-refractivity contribution in [2.75, 3.05) is 6.61 Å². The third kappa shape index (κ3) is 11.1. The summed E-state index contributed by atoms with van der Waals surface area (Å²) in [4.78, 5) is 0. The predicted molar refractivity (Wildman–Crippen MR) is 117 cm³/mol. The fourth-order valence-electron chi connectivity index (χ4n) is 3.83. The second-order valence-electron chi connectivity index (χ2n) is 10.7. The molecule has 1 fully saturated rings. The summed E-state index contributed by atoms with van der Waals surface area (Å²) in [5, 5.41) is 0. The Bertz CT molecular complexity index is 377. The van der Waals surface area contributed by atoms with Gasteiger partial charge in [-0.15, -0.1) is 0 Å². The summed E-state index contributed by atoms with van der Waals surface area (Å²) in [6, 6.07) is 0. The lowest BCUT2D eigenvalue weighted by atomic mass is 9.90. The Hall–Kier alpha value is 0.137. The quantitative estimate of drug-likeness (QED) is 0.216. The van der Waals surface area contributed by atoms with Gasteiger partial charge in [-0.2, -0.15) is 0 Å². The van der Waals surface area contributed by atoms with Gasteiger partial charge in [0.15, 0.2) is 8.32 Å². The molecular weight excluding hydrogens is 336 g/mol. The summed E-state index contributed by atoms with van der Waals surface area (Å²) in [6.07, 6.45) is 12.6. The van der Waals surface area contributed by atoms with Crippen molar-refractivity contribution in [3.05, 3.63) is 0 Å². The Morgan fingerprint density at radius 1 is 0.846 bits per heavy atom. The Kier molecular flexibility index (Phi) is 10.4. The summed E-state index contributed by atoms with van der Waals surface area (Å²) < 4.78 is 12.0. The zero-order valence-corrected chi connectivity index (χ0v) is 20.2. The van der Waals surface area contributed by atoms with E-state index in [4.69, 9.17) is 9.16 Å². The third-order valence-electron chi connectivity index (χ3n) is 5.95. The molecule has 1 aliphatic rings. The molecule has 1 aliphatic heterocycles. The first-order chi connectivity index (χ1) is 12.0. The Morgan fingerprint density at radius 3 is 1.85 bits per heavy atom. The van der Waals surface area contributed by atoms with Crippen LogP contribution in [0.1, 0.15) is 92.4 Å². The van der Waals surface area contributed by atoms with Gasteiger partial charge in [0.25, 0.3) is 0 Å². The van der Waals surface area contributed by atoms with E-state index in [9.17, 15) is 0 Å². The van der Waals surface area contributed by atoms with E-state index in [1.165, 1.54) is 57.8 Å². The lowest BCUT2D eigenvalue weighted by molar-refractivity contribution is 0.243. The highest BCUT2D eigenvalue weighted by atomic mass is 28.4. The molecule has 156 valence electrons. The maximum absolute atomic E-state index is 6.01. The van der Waals surface area contributed by atoms with Gasteiger partial charge in [-0.05, 0) is 50.7 Å². The van der Waals surface area contributed by atoms with Gasteiger partial charge < -0.3 is 9.16 Å². The third-order valence-corrected chi connectivity index (χ3v) is 6.98. The van der Waals surface area contributed by atoms with Gasteiger partial charge in [0, 0.05) is 0 Å². The smallest absolute Gasteiger partial charge is 0.183 e. The summed E-state index contributed by atoms with van der Waals surface area (Å²) in [6.45, 7) is 19.4. The molecule has 0 N–H and O–H groups in total. The fraction of sp³-hybridized carbons (Fsp3) is 1.00. The average Bonchev–Trinajstić information content (AvgIpc) is 3.14. The lowest BCUT2D eigenvalue weighted by Crippen LogP contribution is -2.29. The topological polar surface area (TPSA) is 21.8 Å². The van der Waals surface area contributed by atoms with E-state index in [2.05, 4.69) is 54.3 Å². The molecule has 4 unspecified atom stereocenters. The number of ether oxygens (including phenoxy) is 1. The summed E-state index contributed by atoms with van der Waals surface area (Å²) >= 11 is 0. The number of hydrogen-bond donors (Lipinski definition) is 0. The Balaban J connectivity index is 2.03. The molecule has 1 rings (SSSR count). The van der Waals surface area contributed by atoms with Crippen molar-refractivity contribution in [2.45, 2.75) is 124 Å². The molecule has 3 heteroatoms. The highest BCUT2D eigenvalue weighted by molar-refractivity contribution is 6.69. The molecule has 0 radical (unpaired) electrons. The standard InChI is InChI=1S/C23H48O2Si/c1-19(2)12-9-13-20(3)14-10-15-21(4)16-11-17-23(5)22(25-23)18-24-26(6,7)8/h19-22H,9-18H2,1-8H3. The van der Waals surface area contributed by atoms with Crippen molar-refractivity contribution in [3.8, 4) is 0 Å². The average molecular weight is 385 g/mol. The molecule has 0 bridgehead atoms. The summed E-state index contributed by atoms with van der Waals surface area (Å²) in [7, 11) is -1.41. The van der Waals surface area contributed by atoms with E-state index >= 15 is 0 Å². The van der Waals surface area contributed by atoms with Crippen LogP contribution in [0.4, 0.5) is 0 Å². The minimum absolute atomic E-state index is 0.101. The highest BCUT2D eigenvalue weighted by Crippen LogP contribution is 2.41. The van der Waals surface area contributed by atoms with Crippen molar-refractivity contribution in [1.29, 1.82) is 0 Å². The van der Waals surface area contributed by atoms with Crippen molar-refractivity contribution in [2.24, 2.45) is 17.8 Å². The van der Waals surface area contributed by atoms with Crippen LogP contribution in [0.2, 0.25) is 19.6 Å². The Morgan fingerprint density at radius 2 is 1.35 bits per heavy atom. The summed E-state index contributed by atoms with van der Waals surface area (Å²) in [5.74, 6) is 2.63. The molecule has 26 heavy (non-hydrogen) atoms. The van der Waals surface area contributed by atoms with Gasteiger partial charge in [-0.3, -0.25) is 0 Å². The largest absolute Gasteiger partial charge is 0.415 e. The van der Waals surface area contributed by atoms with Crippen LogP contribution >= 0.6 is 0 Å². The van der Waals surface area contributed by atoms with Gasteiger partial charge in [0.1, 0.15) is 6.10 Å². The fourth-order valence-corrected chi connectivity index (χ4v) is 4.48. The van der Waals surface area contributed by atoms with Crippen LogP contribution < -0.4 is 0 Å². The zero-order valence-electron chi connectivity index (χ0n) is 19.2. The molecule has 0 aliphatic carbocycles. The van der Waals surface area contributed by atoms with Gasteiger partial charge in [0.05, 0.1) is 12.2 Å². The van der Waals surface area contributed by atoms with E-state index in [0.717, 1.165) is 24.4 Å². The van der Waals surface area contributed by atoms with Crippen molar-refractivity contribution >= 4 is 8.32 Å². The molecule has 4 atom stereocenters. The molecular formula is C23H48O2Si. The summed E-state index contributed by atoms with van der Waals surface area (Å²) in [5.41, 5.74) is 0.101. The van der Waals surface area contributed by atoms with Crippen molar-refractivity contribution in [3.63, 3.8) is 0 Å². The number of epoxide rings is 1. The van der Waals surface area contributed by atoms with E-state index in [1.807, 2.05) is 0 Å². The van der Waals surface area contributed by atoms with Crippen molar-refractivity contribution < 1.29 is 9.16 Å². The second-order valence-corrected chi connectivity index (χ2v) is 15.2. The van der Waals surface area contributed by atoms with E-state index < -0.39 is 8.32 Å². The Labute approximate surface area is 165 Å². The van der Waals surface area contributed by atoms with Gasteiger partial charge >= 0.3 is 0 Å². The van der Waals surface area contributed by atoms with Gasteiger partial charge in [-0.1, -0.05) is 79.1 Å². The van der Waals surface area contributed by atoms with Gasteiger partial charge in [0.2, 0.25) is 0 Å². The van der Waals surface area contributed by atoms with E-state index in [-0.39, 0.29) is 5.60 Å². The second kappa shape index (κ2) is 11.2. The molecule has 0 aromatic heterocycles. The van der Waals surface area contributed by atoms with Crippen LogP contribution in [-0.2, 0) is 9.16 Å². The minimum Gasteiger partial charge on any atom is -0.415 e.